The van der Waals surface area contributed by atoms with Crippen LogP contribution < -0.4 is 5.32 Å². The maximum Gasteiger partial charge on any atom is 0.227 e. The third-order valence-corrected chi connectivity index (χ3v) is 4.34. The largest absolute Gasteiger partial charge is 0.354 e. The van der Waals surface area contributed by atoms with Crippen molar-refractivity contribution >= 4 is 18.1 Å². The van der Waals surface area contributed by atoms with E-state index >= 15 is 0 Å². The third kappa shape index (κ3) is 2.76. The van der Waals surface area contributed by atoms with E-state index in [1.54, 1.807) is 0 Å². The molecular formula is C15H18N4OS. The van der Waals surface area contributed by atoms with E-state index in [-0.39, 0.29) is 11.8 Å². The summed E-state index contributed by atoms with van der Waals surface area (Å²) in [6, 6.07) is 8.20. The van der Waals surface area contributed by atoms with Gasteiger partial charge in [-0.3, -0.25) is 9.89 Å². The van der Waals surface area contributed by atoms with Gasteiger partial charge >= 0.3 is 0 Å². The number of nitrogens with zero attached hydrogens (tertiary/aromatic N) is 2. The molecule has 1 aliphatic rings. The number of carbonyl (C=O) groups excluding carboxylic acids is 1. The molecule has 0 bridgehead atoms. The van der Waals surface area contributed by atoms with Gasteiger partial charge < -0.3 is 9.88 Å². The Kier molecular flexibility index (Phi) is 3.88. The van der Waals surface area contributed by atoms with Crippen LogP contribution in [0.1, 0.15) is 29.3 Å². The van der Waals surface area contributed by atoms with Gasteiger partial charge in [0, 0.05) is 13.1 Å². The molecule has 0 fully saturated rings. The first kappa shape index (κ1) is 14.0. The highest BCUT2D eigenvalue weighted by Gasteiger charge is 2.27. The van der Waals surface area contributed by atoms with Crippen LogP contribution >= 0.6 is 12.2 Å². The summed E-state index contributed by atoms with van der Waals surface area (Å²) in [5.41, 5.74) is 2.47. The van der Waals surface area contributed by atoms with Gasteiger partial charge in [0.15, 0.2) is 4.77 Å². The van der Waals surface area contributed by atoms with E-state index in [1.165, 1.54) is 11.1 Å². The highest BCUT2D eigenvalue weighted by Crippen LogP contribution is 2.32. The van der Waals surface area contributed by atoms with Crippen LogP contribution in [0.25, 0.3) is 0 Å². The normalized spacial score (nSPS) is 16.7. The monoisotopic (exact) mass is 302 g/mol. The molecule has 1 aliphatic carbocycles. The van der Waals surface area contributed by atoms with E-state index in [0.717, 1.165) is 18.7 Å². The van der Waals surface area contributed by atoms with Gasteiger partial charge in [0.05, 0.1) is 5.92 Å². The molecule has 0 saturated heterocycles. The number of carbonyl (C=O) groups is 1. The first-order valence-electron chi connectivity index (χ1n) is 7.14. The molecule has 21 heavy (non-hydrogen) atoms. The number of rotatable bonds is 4. The molecule has 0 spiro atoms. The number of aromatic amines is 1. The second kappa shape index (κ2) is 5.81. The number of fused-ring (bicyclic) bond motifs is 1. The van der Waals surface area contributed by atoms with E-state index in [1.807, 2.05) is 23.6 Å². The van der Waals surface area contributed by atoms with Gasteiger partial charge in [0.25, 0.3) is 0 Å². The minimum atomic E-state index is -0.0142. The molecular weight excluding hydrogens is 284 g/mol. The molecule has 5 nitrogen and oxygen atoms in total. The van der Waals surface area contributed by atoms with Crippen LogP contribution in [0.4, 0.5) is 0 Å². The first-order valence-corrected chi connectivity index (χ1v) is 7.55. The number of nitrogens with one attached hydrogen (secondary N) is 2. The number of hydrogen-bond donors (Lipinski definition) is 2. The van der Waals surface area contributed by atoms with Crippen molar-refractivity contribution in [2.75, 3.05) is 6.54 Å². The average molecular weight is 302 g/mol. The average Bonchev–Trinajstić information content (AvgIpc) is 3.05. The zero-order valence-electron chi connectivity index (χ0n) is 11.9. The standard InChI is InChI=1S/C15H18N4OS/c1-10-17-18-15(21)19(10)9-8-16-14(20)13-7-6-11-4-2-3-5-12(11)13/h2-5,13H,6-9H2,1H3,(H,16,20)(H,18,21)/t13-/m1/s1. The molecule has 2 aromatic rings. The highest BCUT2D eigenvalue weighted by molar-refractivity contribution is 7.71. The number of aryl methyl sites for hydroxylation is 2. The molecule has 1 aromatic carbocycles. The van der Waals surface area contributed by atoms with Crippen LogP contribution in [0.15, 0.2) is 24.3 Å². The molecule has 6 heteroatoms. The summed E-state index contributed by atoms with van der Waals surface area (Å²) in [4.78, 5) is 12.3. The Labute approximate surface area is 128 Å². The zero-order chi connectivity index (χ0) is 14.8. The second-order valence-electron chi connectivity index (χ2n) is 5.31. The summed E-state index contributed by atoms with van der Waals surface area (Å²) >= 11 is 5.14. The molecule has 1 amide bonds. The van der Waals surface area contributed by atoms with E-state index < -0.39 is 0 Å². The van der Waals surface area contributed by atoms with Crippen LogP contribution in [0.3, 0.4) is 0 Å². The van der Waals surface area contributed by atoms with Gasteiger partial charge in [0.1, 0.15) is 5.82 Å². The summed E-state index contributed by atoms with van der Waals surface area (Å²) in [5, 5.41) is 9.81. The summed E-state index contributed by atoms with van der Waals surface area (Å²) in [7, 11) is 0. The highest BCUT2D eigenvalue weighted by atomic mass is 32.1. The number of benzene rings is 1. The van der Waals surface area contributed by atoms with Crippen LogP contribution in [-0.4, -0.2) is 27.2 Å². The minimum absolute atomic E-state index is 0.0142. The Morgan fingerprint density at radius 2 is 2.33 bits per heavy atom. The van der Waals surface area contributed by atoms with Crippen LogP contribution in [-0.2, 0) is 17.8 Å². The van der Waals surface area contributed by atoms with Crippen molar-refractivity contribution in [2.24, 2.45) is 0 Å². The second-order valence-corrected chi connectivity index (χ2v) is 5.70. The van der Waals surface area contributed by atoms with E-state index in [0.29, 0.717) is 17.9 Å². The molecule has 2 N–H and O–H groups in total. The van der Waals surface area contributed by atoms with E-state index in [4.69, 9.17) is 12.2 Å². The van der Waals surface area contributed by atoms with E-state index in [9.17, 15) is 4.79 Å². The topological polar surface area (TPSA) is 62.7 Å². The summed E-state index contributed by atoms with van der Waals surface area (Å²) in [6.07, 6.45) is 1.88. The quantitative estimate of drug-likeness (QED) is 0.850. The molecule has 1 heterocycles. The van der Waals surface area contributed by atoms with Gasteiger partial charge in [-0.05, 0) is 43.1 Å². The first-order chi connectivity index (χ1) is 10.2. The zero-order valence-corrected chi connectivity index (χ0v) is 12.7. The molecule has 0 saturated carbocycles. The molecule has 3 rings (SSSR count). The van der Waals surface area contributed by atoms with Crippen molar-refractivity contribution in [1.82, 2.24) is 20.1 Å². The van der Waals surface area contributed by atoms with Crippen molar-refractivity contribution in [3.63, 3.8) is 0 Å². The predicted molar refractivity (Wildman–Crippen MR) is 82.7 cm³/mol. The van der Waals surface area contributed by atoms with Crippen LogP contribution in [0.2, 0.25) is 0 Å². The number of amides is 1. The minimum Gasteiger partial charge on any atom is -0.354 e. The molecule has 1 atom stereocenters. The molecule has 110 valence electrons. The fourth-order valence-electron chi connectivity index (χ4n) is 2.90. The molecule has 0 radical (unpaired) electrons. The summed E-state index contributed by atoms with van der Waals surface area (Å²) in [5.74, 6) is 0.924. The van der Waals surface area contributed by atoms with Crippen molar-refractivity contribution in [3.8, 4) is 0 Å². The van der Waals surface area contributed by atoms with Crippen LogP contribution in [0, 0.1) is 11.7 Å². The van der Waals surface area contributed by atoms with Crippen molar-refractivity contribution in [2.45, 2.75) is 32.2 Å². The number of H-pyrrole nitrogens is 1. The van der Waals surface area contributed by atoms with Crippen molar-refractivity contribution in [3.05, 3.63) is 46.0 Å². The molecule has 0 unspecified atom stereocenters. The summed E-state index contributed by atoms with van der Waals surface area (Å²) < 4.78 is 2.48. The lowest BCUT2D eigenvalue weighted by atomic mass is 10.0. The SMILES string of the molecule is Cc1n[nH]c(=S)n1CCNC(=O)[C@@H]1CCc2ccccc21. The van der Waals surface area contributed by atoms with Gasteiger partial charge in [-0.1, -0.05) is 24.3 Å². The lowest BCUT2D eigenvalue weighted by Crippen LogP contribution is -2.31. The summed E-state index contributed by atoms with van der Waals surface area (Å²) in [6.45, 7) is 3.09. The fraction of sp³-hybridized carbons (Fsp3) is 0.400. The van der Waals surface area contributed by atoms with E-state index in [2.05, 4.69) is 27.6 Å². The third-order valence-electron chi connectivity index (χ3n) is 4.03. The smallest absolute Gasteiger partial charge is 0.227 e. The number of hydrogen-bond acceptors (Lipinski definition) is 3. The van der Waals surface area contributed by atoms with Crippen molar-refractivity contribution < 1.29 is 4.79 Å². The predicted octanol–water partition coefficient (Wildman–Crippen LogP) is 2.10. The lowest BCUT2D eigenvalue weighted by Gasteiger charge is -2.12. The maximum atomic E-state index is 12.3. The Morgan fingerprint density at radius 1 is 1.52 bits per heavy atom. The fourth-order valence-corrected chi connectivity index (χ4v) is 3.17. The Balaban J connectivity index is 1.60. The Bertz CT molecular complexity index is 718. The Morgan fingerprint density at radius 3 is 3.10 bits per heavy atom. The lowest BCUT2D eigenvalue weighted by molar-refractivity contribution is -0.122. The van der Waals surface area contributed by atoms with Gasteiger partial charge in [-0.2, -0.15) is 5.10 Å². The molecule has 1 aromatic heterocycles. The van der Waals surface area contributed by atoms with Crippen molar-refractivity contribution in [1.29, 1.82) is 0 Å². The molecule has 0 aliphatic heterocycles. The number of aromatic nitrogens is 3. The Hall–Kier alpha value is -1.95. The van der Waals surface area contributed by atoms with Crippen LogP contribution in [0.5, 0.6) is 0 Å². The maximum absolute atomic E-state index is 12.3. The van der Waals surface area contributed by atoms with Gasteiger partial charge in [-0.15, -0.1) is 0 Å². The van der Waals surface area contributed by atoms with Gasteiger partial charge in [0.2, 0.25) is 5.91 Å². The van der Waals surface area contributed by atoms with Gasteiger partial charge in [-0.25, -0.2) is 0 Å².